The molecule has 8 heteroatoms. The van der Waals surface area contributed by atoms with Crippen molar-refractivity contribution in [3.63, 3.8) is 0 Å². The normalized spacial score (nSPS) is 12.7. The van der Waals surface area contributed by atoms with Crippen LogP contribution in [0.15, 0.2) is 39.9 Å². The molecule has 1 aromatic heterocycles. The molecule has 24 heavy (non-hydrogen) atoms. The largest absolute Gasteiger partial charge is 0.486 e. The first-order chi connectivity index (χ1) is 11.5. The highest BCUT2D eigenvalue weighted by Gasteiger charge is 2.15. The van der Waals surface area contributed by atoms with Crippen LogP contribution in [-0.2, 0) is 17.9 Å². The van der Waals surface area contributed by atoms with E-state index < -0.39 is 11.1 Å². The van der Waals surface area contributed by atoms with Crippen molar-refractivity contribution in [3.8, 4) is 11.5 Å². The summed E-state index contributed by atoms with van der Waals surface area (Å²) < 4.78 is 12.0. The quantitative estimate of drug-likeness (QED) is 0.849. The molecule has 0 saturated heterocycles. The zero-order valence-corrected chi connectivity index (χ0v) is 13.2. The van der Waals surface area contributed by atoms with E-state index in [0.29, 0.717) is 31.3 Å². The van der Waals surface area contributed by atoms with Crippen molar-refractivity contribution in [1.82, 2.24) is 14.7 Å². The number of hydrogen-bond donors (Lipinski definition) is 1. The van der Waals surface area contributed by atoms with E-state index in [4.69, 9.17) is 9.47 Å². The predicted octanol–water partition coefficient (Wildman–Crippen LogP) is -0.0336. The first-order valence-corrected chi connectivity index (χ1v) is 7.45. The van der Waals surface area contributed by atoms with Gasteiger partial charge in [0.05, 0.1) is 0 Å². The fraction of sp³-hybridized carbons (Fsp3) is 0.312. The van der Waals surface area contributed by atoms with Crippen molar-refractivity contribution >= 4 is 5.91 Å². The molecule has 2 heterocycles. The summed E-state index contributed by atoms with van der Waals surface area (Å²) in [6, 6.07) is 7.75. The molecule has 2 aromatic rings. The smallest absolute Gasteiger partial charge is 0.265 e. The molecule has 1 aliphatic rings. The number of H-pyrrole nitrogens is 1. The van der Waals surface area contributed by atoms with Gasteiger partial charge in [-0.1, -0.05) is 6.07 Å². The van der Waals surface area contributed by atoms with Crippen LogP contribution in [-0.4, -0.2) is 40.8 Å². The molecule has 0 aliphatic carbocycles. The lowest BCUT2D eigenvalue weighted by Gasteiger charge is -2.21. The van der Waals surface area contributed by atoms with Gasteiger partial charge in [-0.3, -0.25) is 19.5 Å². The van der Waals surface area contributed by atoms with Gasteiger partial charge in [0.25, 0.3) is 11.1 Å². The van der Waals surface area contributed by atoms with E-state index in [9.17, 15) is 14.4 Å². The third kappa shape index (κ3) is 3.48. The number of carbonyl (C=O) groups is 1. The van der Waals surface area contributed by atoms with Gasteiger partial charge in [-0.05, 0) is 17.7 Å². The molecule has 1 aliphatic heterocycles. The van der Waals surface area contributed by atoms with Gasteiger partial charge in [0.2, 0.25) is 5.91 Å². The Bertz CT molecular complexity index is 871. The van der Waals surface area contributed by atoms with Gasteiger partial charge in [-0.2, -0.15) is 0 Å². The van der Waals surface area contributed by atoms with Crippen LogP contribution in [0.4, 0.5) is 0 Å². The van der Waals surface area contributed by atoms with E-state index in [1.165, 1.54) is 4.90 Å². The Balaban J connectivity index is 1.69. The molecule has 0 spiro atoms. The lowest BCUT2D eigenvalue weighted by Crippen LogP contribution is -2.36. The van der Waals surface area contributed by atoms with Gasteiger partial charge in [0, 0.05) is 25.7 Å². The van der Waals surface area contributed by atoms with Crippen LogP contribution in [0.3, 0.4) is 0 Å². The number of rotatable bonds is 4. The minimum absolute atomic E-state index is 0.226. The molecular formula is C16H17N3O5. The molecule has 0 saturated carbocycles. The van der Waals surface area contributed by atoms with Crippen molar-refractivity contribution < 1.29 is 14.3 Å². The Morgan fingerprint density at radius 1 is 1.17 bits per heavy atom. The Morgan fingerprint density at radius 2 is 1.92 bits per heavy atom. The van der Waals surface area contributed by atoms with Crippen LogP contribution in [0.25, 0.3) is 0 Å². The molecule has 8 nitrogen and oxygen atoms in total. The summed E-state index contributed by atoms with van der Waals surface area (Å²) in [5.74, 6) is 1.05. The maximum atomic E-state index is 12.3. The summed E-state index contributed by atoms with van der Waals surface area (Å²) in [5, 5.41) is 2.33. The van der Waals surface area contributed by atoms with Crippen LogP contribution in [0.5, 0.6) is 11.5 Å². The van der Waals surface area contributed by atoms with E-state index in [0.717, 1.165) is 22.4 Å². The highest BCUT2D eigenvalue weighted by molar-refractivity contribution is 5.75. The Labute approximate surface area is 137 Å². The lowest BCUT2D eigenvalue weighted by atomic mass is 10.2. The zero-order valence-electron chi connectivity index (χ0n) is 13.2. The number of nitrogens with one attached hydrogen (secondary N) is 1. The van der Waals surface area contributed by atoms with Crippen molar-refractivity contribution in [2.75, 3.05) is 20.3 Å². The SMILES string of the molecule is CN(Cc1ccc2c(c1)OCCO2)C(=O)Cn1[nH]c(=O)ccc1=O. The summed E-state index contributed by atoms with van der Waals surface area (Å²) >= 11 is 0. The third-order valence-corrected chi connectivity index (χ3v) is 3.63. The van der Waals surface area contributed by atoms with E-state index >= 15 is 0 Å². The van der Waals surface area contributed by atoms with E-state index in [2.05, 4.69) is 5.10 Å². The molecule has 126 valence electrons. The standard InChI is InChI=1S/C16H17N3O5/c1-18(16(22)10-19-15(21)5-4-14(20)17-19)9-11-2-3-12-13(8-11)24-7-6-23-12/h2-5,8H,6-7,9-10H2,1H3,(H,17,20). The molecule has 3 rings (SSSR count). The first-order valence-electron chi connectivity index (χ1n) is 7.45. The number of likely N-dealkylation sites (N-methyl/N-ethyl adjacent to an activating group) is 1. The molecule has 0 fully saturated rings. The predicted molar refractivity (Wildman–Crippen MR) is 85.2 cm³/mol. The van der Waals surface area contributed by atoms with Gasteiger partial charge < -0.3 is 14.4 Å². The van der Waals surface area contributed by atoms with Gasteiger partial charge >= 0.3 is 0 Å². The number of aromatic amines is 1. The van der Waals surface area contributed by atoms with Crippen molar-refractivity contribution in [1.29, 1.82) is 0 Å². The summed E-state index contributed by atoms with van der Waals surface area (Å²) in [5.41, 5.74) is 0.0107. The van der Waals surface area contributed by atoms with Crippen molar-refractivity contribution in [2.24, 2.45) is 0 Å². The van der Waals surface area contributed by atoms with Gasteiger partial charge in [-0.25, -0.2) is 4.68 Å². The number of aromatic nitrogens is 2. The first kappa shape index (κ1) is 15.9. The summed E-state index contributed by atoms with van der Waals surface area (Å²) in [6.45, 7) is 1.14. The second-order valence-electron chi connectivity index (χ2n) is 5.46. The number of fused-ring (bicyclic) bond motifs is 1. The molecule has 1 amide bonds. The van der Waals surface area contributed by atoms with Crippen LogP contribution in [0, 0.1) is 0 Å². The maximum Gasteiger partial charge on any atom is 0.265 e. The Kier molecular flexibility index (Phi) is 4.37. The van der Waals surface area contributed by atoms with Gasteiger partial charge in [0.1, 0.15) is 19.8 Å². The number of benzene rings is 1. The van der Waals surface area contributed by atoms with E-state index in [-0.39, 0.29) is 12.5 Å². The summed E-state index contributed by atoms with van der Waals surface area (Å²) in [6.07, 6.45) is 0. The van der Waals surface area contributed by atoms with E-state index in [1.54, 1.807) is 13.1 Å². The minimum Gasteiger partial charge on any atom is -0.486 e. The fourth-order valence-corrected chi connectivity index (χ4v) is 2.38. The molecule has 1 aromatic carbocycles. The van der Waals surface area contributed by atoms with Gasteiger partial charge in [0.15, 0.2) is 11.5 Å². The Morgan fingerprint density at radius 3 is 2.71 bits per heavy atom. The molecule has 0 bridgehead atoms. The topological polar surface area (TPSA) is 93.6 Å². The highest BCUT2D eigenvalue weighted by Crippen LogP contribution is 2.30. The molecule has 1 N–H and O–H groups in total. The average molecular weight is 331 g/mol. The number of hydrogen-bond acceptors (Lipinski definition) is 5. The fourth-order valence-electron chi connectivity index (χ4n) is 2.38. The summed E-state index contributed by atoms with van der Waals surface area (Å²) in [4.78, 5) is 36.6. The van der Waals surface area contributed by atoms with E-state index in [1.807, 2.05) is 12.1 Å². The van der Waals surface area contributed by atoms with Crippen LogP contribution in [0.1, 0.15) is 5.56 Å². The molecule has 0 atom stereocenters. The highest BCUT2D eigenvalue weighted by atomic mass is 16.6. The zero-order chi connectivity index (χ0) is 17.1. The number of nitrogens with zero attached hydrogens (tertiary/aromatic N) is 2. The van der Waals surface area contributed by atoms with Crippen molar-refractivity contribution in [3.05, 3.63) is 56.6 Å². The monoisotopic (exact) mass is 331 g/mol. The molecule has 0 radical (unpaired) electrons. The minimum atomic E-state index is -0.435. The summed E-state index contributed by atoms with van der Waals surface area (Å²) in [7, 11) is 1.63. The third-order valence-electron chi connectivity index (χ3n) is 3.63. The second-order valence-corrected chi connectivity index (χ2v) is 5.46. The van der Waals surface area contributed by atoms with Crippen LogP contribution >= 0.6 is 0 Å². The van der Waals surface area contributed by atoms with Crippen LogP contribution in [0.2, 0.25) is 0 Å². The molecular weight excluding hydrogens is 314 g/mol. The lowest BCUT2D eigenvalue weighted by molar-refractivity contribution is -0.131. The second kappa shape index (κ2) is 6.61. The number of carbonyl (C=O) groups excluding carboxylic acids is 1. The Hall–Kier alpha value is -3.03. The average Bonchev–Trinajstić information content (AvgIpc) is 2.58. The number of amides is 1. The van der Waals surface area contributed by atoms with Crippen LogP contribution < -0.4 is 20.6 Å². The van der Waals surface area contributed by atoms with Crippen molar-refractivity contribution in [2.45, 2.75) is 13.1 Å². The maximum absolute atomic E-state index is 12.3. The van der Waals surface area contributed by atoms with Gasteiger partial charge in [-0.15, -0.1) is 0 Å². The molecule has 0 unspecified atom stereocenters. The number of ether oxygens (including phenoxy) is 2.